The number of ether oxygens (including phenoxy) is 2. The fourth-order valence-corrected chi connectivity index (χ4v) is 2.92. The van der Waals surface area contributed by atoms with Gasteiger partial charge in [0.05, 0.1) is 19.3 Å². The lowest BCUT2D eigenvalue weighted by Gasteiger charge is -2.14. The van der Waals surface area contributed by atoms with E-state index in [1.165, 1.54) is 4.88 Å². The molecular formula is C16H19NO3S. The standard InChI is InChI=1S/C16H19NO3S/c18-14(11-17-10-13-3-1-8-21-13)12-4-5-15-16(9-12)20-7-2-6-19-15/h1,3-5,8-9,14,17-18H,2,6-7,10-11H2/t14-/m0/s1. The molecule has 0 unspecified atom stereocenters. The maximum absolute atomic E-state index is 10.3. The number of aliphatic hydroxyl groups is 1. The van der Waals surface area contributed by atoms with Gasteiger partial charge in [0.15, 0.2) is 11.5 Å². The van der Waals surface area contributed by atoms with Gasteiger partial charge in [0.25, 0.3) is 0 Å². The number of thiophene rings is 1. The van der Waals surface area contributed by atoms with Gasteiger partial charge in [-0.3, -0.25) is 0 Å². The number of rotatable bonds is 5. The number of nitrogens with one attached hydrogen (secondary N) is 1. The van der Waals surface area contributed by atoms with Gasteiger partial charge in [-0.1, -0.05) is 12.1 Å². The number of aliphatic hydroxyl groups excluding tert-OH is 1. The number of fused-ring (bicyclic) bond motifs is 1. The van der Waals surface area contributed by atoms with Gasteiger partial charge in [0.1, 0.15) is 0 Å². The van der Waals surface area contributed by atoms with E-state index < -0.39 is 6.10 Å². The predicted octanol–water partition coefficient (Wildman–Crippen LogP) is 2.73. The Balaban J connectivity index is 1.59. The van der Waals surface area contributed by atoms with E-state index in [1.807, 2.05) is 24.3 Å². The van der Waals surface area contributed by atoms with Gasteiger partial charge >= 0.3 is 0 Å². The second-order valence-electron chi connectivity index (χ2n) is 4.98. The zero-order chi connectivity index (χ0) is 14.5. The van der Waals surface area contributed by atoms with Crippen molar-refractivity contribution in [1.29, 1.82) is 0 Å². The van der Waals surface area contributed by atoms with E-state index >= 15 is 0 Å². The fraction of sp³-hybridized carbons (Fsp3) is 0.375. The molecule has 21 heavy (non-hydrogen) atoms. The molecule has 0 spiro atoms. The van der Waals surface area contributed by atoms with Gasteiger partial charge in [-0.15, -0.1) is 11.3 Å². The van der Waals surface area contributed by atoms with E-state index in [4.69, 9.17) is 9.47 Å². The van der Waals surface area contributed by atoms with Crippen LogP contribution in [0.2, 0.25) is 0 Å². The largest absolute Gasteiger partial charge is 0.490 e. The van der Waals surface area contributed by atoms with Crippen LogP contribution in [0.4, 0.5) is 0 Å². The summed E-state index contributed by atoms with van der Waals surface area (Å²) in [4.78, 5) is 1.26. The maximum Gasteiger partial charge on any atom is 0.161 e. The van der Waals surface area contributed by atoms with Crippen LogP contribution in [-0.2, 0) is 6.54 Å². The minimum absolute atomic E-state index is 0.511. The number of hydrogen-bond acceptors (Lipinski definition) is 5. The Morgan fingerprint density at radius 2 is 2.05 bits per heavy atom. The van der Waals surface area contributed by atoms with Crippen molar-refractivity contribution in [2.75, 3.05) is 19.8 Å². The highest BCUT2D eigenvalue weighted by Gasteiger charge is 2.14. The summed E-state index contributed by atoms with van der Waals surface area (Å²) in [6, 6.07) is 9.75. The first-order valence-electron chi connectivity index (χ1n) is 7.13. The van der Waals surface area contributed by atoms with Gasteiger partial charge in [0.2, 0.25) is 0 Å². The third-order valence-electron chi connectivity index (χ3n) is 3.37. The number of benzene rings is 1. The van der Waals surface area contributed by atoms with Gasteiger partial charge < -0.3 is 19.9 Å². The molecule has 0 radical (unpaired) electrons. The van der Waals surface area contributed by atoms with E-state index in [-0.39, 0.29) is 0 Å². The Labute approximate surface area is 128 Å². The van der Waals surface area contributed by atoms with Crippen LogP contribution in [-0.4, -0.2) is 24.9 Å². The monoisotopic (exact) mass is 305 g/mol. The average molecular weight is 305 g/mol. The van der Waals surface area contributed by atoms with E-state index in [2.05, 4.69) is 16.8 Å². The van der Waals surface area contributed by atoms with Crippen molar-refractivity contribution in [3.05, 3.63) is 46.2 Å². The van der Waals surface area contributed by atoms with Gasteiger partial charge in [0, 0.05) is 24.4 Å². The lowest BCUT2D eigenvalue weighted by Crippen LogP contribution is -2.20. The molecule has 0 saturated heterocycles. The highest BCUT2D eigenvalue weighted by Crippen LogP contribution is 2.32. The summed E-state index contributed by atoms with van der Waals surface area (Å²) in [6.45, 7) is 2.62. The summed E-state index contributed by atoms with van der Waals surface area (Å²) < 4.78 is 11.2. The summed E-state index contributed by atoms with van der Waals surface area (Å²) in [5.74, 6) is 1.48. The molecule has 0 amide bonds. The highest BCUT2D eigenvalue weighted by atomic mass is 32.1. The van der Waals surface area contributed by atoms with Crippen molar-refractivity contribution in [3.63, 3.8) is 0 Å². The molecule has 0 fully saturated rings. The Morgan fingerprint density at radius 3 is 2.86 bits per heavy atom. The molecule has 5 heteroatoms. The summed E-state index contributed by atoms with van der Waals surface area (Å²) in [7, 11) is 0. The molecular weight excluding hydrogens is 286 g/mol. The Kier molecular flexibility index (Phi) is 4.75. The molecule has 0 bridgehead atoms. The van der Waals surface area contributed by atoms with E-state index in [0.717, 1.165) is 30.0 Å². The Morgan fingerprint density at radius 1 is 1.19 bits per heavy atom. The molecule has 2 N–H and O–H groups in total. The SMILES string of the molecule is O[C@@H](CNCc1cccs1)c1ccc2c(c1)OCCCO2. The lowest BCUT2D eigenvalue weighted by atomic mass is 10.1. The van der Waals surface area contributed by atoms with Crippen LogP contribution in [0.25, 0.3) is 0 Å². The van der Waals surface area contributed by atoms with Crippen molar-refractivity contribution >= 4 is 11.3 Å². The third kappa shape index (κ3) is 3.75. The van der Waals surface area contributed by atoms with Crippen molar-refractivity contribution in [1.82, 2.24) is 5.32 Å². The van der Waals surface area contributed by atoms with E-state index in [9.17, 15) is 5.11 Å². The molecule has 4 nitrogen and oxygen atoms in total. The summed E-state index contributed by atoms with van der Waals surface area (Å²) in [5.41, 5.74) is 0.845. The molecule has 1 aromatic carbocycles. The third-order valence-corrected chi connectivity index (χ3v) is 4.25. The zero-order valence-electron chi connectivity index (χ0n) is 11.7. The summed E-state index contributed by atoms with van der Waals surface area (Å²) >= 11 is 1.71. The second-order valence-corrected chi connectivity index (χ2v) is 6.01. The van der Waals surface area contributed by atoms with Crippen LogP contribution in [0.5, 0.6) is 11.5 Å². The van der Waals surface area contributed by atoms with Gasteiger partial charge in [-0.2, -0.15) is 0 Å². The first-order valence-corrected chi connectivity index (χ1v) is 8.01. The Hall–Kier alpha value is -1.56. The predicted molar refractivity (Wildman–Crippen MR) is 83.0 cm³/mol. The molecule has 3 rings (SSSR count). The van der Waals surface area contributed by atoms with Crippen molar-refractivity contribution in [2.24, 2.45) is 0 Å². The van der Waals surface area contributed by atoms with Crippen LogP contribution in [0.1, 0.15) is 23.0 Å². The molecule has 2 aromatic rings. The average Bonchev–Trinajstić information content (AvgIpc) is 2.90. The Bertz CT molecular complexity index is 571. The van der Waals surface area contributed by atoms with Crippen molar-refractivity contribution < 1.29 is 14.6 Å². The minimum atomic E-state index is -0.554. The molecule has 112 valence electrons. The molecule has 1 aromatic heterocycles. The number of hydrogen-bond donors (Lipinski definition) is 2. The molecule has 1 aliphatic heterocycles. The van der Waals surface area contributed by atoms with Crippen LogP contribution >= 0.6 is 11.3 Å². The van der Waals surface area contributed by atoms with E-state index in [1.54, 1.807) is 11.3 Å². The molecule has 1 atom stereocenters. The zero-order valence-corrected chi connectivity index (χ0v) is 12.6. The van der Waals surface area contributed by atoms with Crippen molar-refractivity contribution in [3.8, 4) is 11.5 Å². The van der Waals surface area contributed by atoms with Crippen LogP contribution < -0.4 is 14.8 Å². The summed E-state index contributed by atoms with van der Waals surface area (Å²) in [5, 5.41) is 15.6. The summed E-state index contributed by atoms with van der Waals surface area (Å²) in [6.07, 6.45) is 0.330. The van der Waals surface area contributed by atoms with Crippen molar-refractivity contribution in [2.45, 2.75) is 19.1 Å². The molecule has 2 heterocycles. The van der Waals surface area contributed by atoms with Gasteiger partial charge in [-0.25, -0.2) is 0 Å². The highest BCUT2D eigenvalue weighted by molar-refractivity contribution is 7.09. The molecule has 0 aliphatic carbocycles. The minimum Gasteiger partial charge on any atom is -0.490 e. The maximum atomic E-state index is 10.3. The van der Waals surface area contributed by atoms with Crippen LogP contribution in [0.15, 0.2) is 35.7 Å². The van der Waals surface area contributed by atoms with Gasteiger partial charge in [-0.05, 0) is 29.1 Å². The van der Waals surface area contributed by atoms with E-state index in [0.29, 0.717) is 19.8 Å². The topological polar surface area (TPSA) is 50.7 Å². The smallest absolute Gasteiger partial charge is 0.161 e. The lowest BCUT2D eigenvalue weighted by molar-refractivity contribution is 0.174. The quantitative estimate of drug-likeness (QED) is 0.892. The molecule has 0 saturated carbocycles. The first-order chi connectivity index (χ1) is 10.3. The first kappa shape index (κ1) is 14.4. The normalized spacial score (nSPS) is 15.5. The second kappa shape index (κ2) is 6.93. The van der Waals surface area contributed by atoms with Crippen LogP contribution in [0.3, 0.4) is 0 Å². The fourth-order valence-electron chi connectivity index (χ4n) is 2.25. The molecule has 1 aliphatic rings. The van der Waals surface area contributed by atoms with Crippen LogP contribution in [0, 0.1) is 0 Å².